The topological polar surface area (TPSA) is 12.0 Å². The van der Waals surface area contributed by atoms with Crippen LogP contribution in [-0.2, 0) is 0 Å². The van der Waals surface area contributed by atoms with Gasteiger partial charge < -0.3 is 5.32 Å². The van der Waals surface area contributed by atoms with E-state index in [0.29, 0.717) is 0 Å². The van der Waals surface area contributed by atoms with Crippen LogP contribution < -0.4 is 5.32 Å². The van der Waals surface area contributed by atoms with Gasteiger partial charge in [0, 0.05) is 11.2 Å². The quantitative estimate of drug-likeness (QED) is 0.692. The van der Waals surface area contributed by atoms with Gasteiger partial charge in [-0.2, -0.15) is 13.2 Å². The third-order valence-corrected chi connectivity index (χ3v) is 4.27. The van der Waals surface area contributed by atoms with Crippen LogP contribution in [-0.4, -0.2) is 17.6 Å². The Labute approximate surface area is 125 Å². The van der Waals surface area contributed by atoms with Crippen LogP contribution in [0.2, 0.25) is 0 Å². The first-order valence-corrected chi connectivity index (χ1v) is 6.96. The van der Waals surface area contributed by atoms with Crippen molar-refractivity contribution in [3.8, 4) is 0 Å². The minimum absolute atomic E-state index is 0.105. The second-order valence-electron chi connectivity index (χ2n) is 5.00. The molecule has 20 heavy (non-hydrogen) atoms. The molecule has 6 heteroatoms. The van der Waals surface area contributed by atoms with Crippen LogP contribution in [0.1, 0.15) is 13.8 Å². The molecule has 1 N–H and O–H groups in total. The van der Waals surface area contributed by atoms with E-state index in [1.54, 1.807) is 0 Å². The summed E-state index contributed by atoms with van der Waals surface area (Å²) in [4.78, 5) is 0. The molecule has 0 saturated carbocycles. The Kier molecular flexibility index (Phi) is 4.26. The van der Waals surface area contributed by atoms with Gasteiger partial charge in [0.1, 0.15) is 0 Å². The molecule has 0 bridgehead atoms. The lowest BCUT2D eigenvalue weighted by molar-refractivity contribution is -0.0888. The molecule has 110 valence electrons. The summed E-state index contributed by atoms with van der Waals surface area (Å²) in [6, 6.07) is -0.453. The summed E-state index contributed by atoms with van der Waals surface area (Å²) in [5, 5.41) is 2.75. The minimum atomic E-state index is -4.40. The Morgan fingerprint density at radius 2 is 1.90 bits per heavy atom. The van der Waals surface area contributed by atoms with Crippen molar-refractivity contribution in [1.29, 1.82) is 0 Å². The van der Waals surface area contributed by atoms with E-state index in [2.05, 4.69) is 5.32 Å². The smallest absolute Gasteiger partial charge is 0.379 e. The summed E-state index contributed by atoms with van der Waals surface area (Å²) >= 11 is 12.2. The molecule has 1 aliphatic heterocycles. The van der Waals surface area contributed by atoms with Gasteiger partial charge in [-0.3, -0.25) is 0 Å². The van der Waals surface area contributed by atoms with E-state index >= 15 is 0 Å². The van der Waals surface area contributed by atoms with Gasteiger partial charge in [-0.25, -0.2) is 0 Å². The van der Waals surface area contributed by atoms with Crippen LogP contribution in [0.15, 0.2) is 46.2 Å². The van der Waals surface area contributed by atoms with Gasteiger partial charge >= 0.3 is 6.18 Å². The summed E-state index contributed by atoms with van der Waals surface area (Å²) < 4.78 is 37.9. The maximum atomic E-state index is 12.6. The van der Waals surface area contributed by atoms with Gasteiger partial charge in [0.2, 0.25) is 0 Å². The fraction of sp³-hybridized carbons (Fsp3) is 0.429. The van der Waals surface area contributed by atoms with E-state index < -0.39 is 17.8 Å². The van der Waals surface area contributed by atoms with Gasteiger partial charge in [0.05, 0.1) is 17.0 Å². The van der Waals surface area contributed by atoms with Crippen LogP contribution in [0.4, 0.5) is 13.2 Å². The van der Waals surface area contributed by atoms with Crippen molar-refractivity contribution < 1.29 is 13.2 Å². The summed E-state index contributed by atoms with van der Waals surface area (Å²) in [5.41, 5.74) is 1.02. The molecule has 0 aromatic heterocycles. The molecule has 3 unspecified atom stereocenters. The number of alkyl halides is 4. The second-order valence-corrected chi connectivity index (χ2v) is 5.94. The zero-order chi connectivity index (χ0) is 15.1. The van der Waals surface area contributed by atoms with Crippen LogP contribution in [0, 0.1) is 5.92 Å². The monoisotopic (exact) mass is 323 g/mol. The largest absolute Gasteiger partial charge is 0.417 e. The SMILES string of the molecule is CC1=CC(Cl)C(C)C=C1C1NC=C(C(F)(F)F)C=C1Cl. The average Bonchev–Trinajstić information content (AvgIpc) is 2.33. The molecule has 0 saturated heterocycles. The second kappa shape index (κ2) is 5.49. The number of allylic oxidation sites excluding steroid dienone is 4. The van der Waals surface area contributed by atoms with Crippen LogP contribution >= 0.6 is 23.2 Å². The summed E-state index contributed by atoms with van der Waals surface area (Å²) in [6.07, 6.45) is 1.37. The van der Waals surface area contributed by atoms with Crippen molar-refractivity contribution >= 4 is 23.2 Å². The molecule has 1 heterocycles. The Morgan fingerprint density at radius 1 is 1.25 bits per heavy atom. The highest BCUT2D eigenvalue weighted by Gasteiger charge is 2.36. The van der Waals surface area contributed by atoms with Crippen molar-refractivity contribution in [2.45, 2.75) is 31.4 Å². The molecule has 2 aliphatic rings. The molecule has 2 rings (SSSR count). The maximum Gasteiger partial charge on any atom is 0.417 e. The van der Waals surface area contributed by atoms with Crippen molar-refractivity contribution in [2.24, 2.45) is 5.92 Å². The van der Waals surface area contributed by atoms with Crippen molar-refractivity contribution in [1.82, 2.24) is 5.32 Å². The number of hydrogen-bond donors (Lipinski definition) is 1. The van der Waals surface area contributed by atoms with Gasteiger partial charge in [-0.15, -0.1) is 11.6 Å². The zero-order valence-corrected chi connectivity index (χ0v) is 12.4. The Hall–Kier alpha value is -0.870. The molecule has 3 atom stereocenters. The Bertz CT molecular complexity index is 529. The first-order chi connectivity index (χ1) is 9.20. The van der Waals surface area contributed by atoms with E-state index in [-0.39, 0.29) is 16.3 Å². The third kappa shape index (κ3) is 3.07. The molecule has 0 radical (unpaired) electrons. The molecule has 1 nitrogen and oxygen atoms in total. The van der Waals surface area contributed by atoms with Crippen LogP contribution in [0.25, 0.3) is 0 Å². The fourth-order valence-corrected chi connectivity index (χ4v) is 2.81. The van der Waals surface area contributed by atoms with Crippen molar-refractivity contribution in [2.75, 3.05) is 0 Å². The summed E-state index contributed by atoms with van der Waals surface area (Å²) in [5.74, 6) is 0.106. The van der Waals surface area contributed by atoms with E-state index in [1.807, 2.05) is 26.0 Å². The summed E-state index contributed by atoms with van der Waals surface area (Å²) in [7, 11) is 0. The molecule has 1 aliphatic carbocycles. The highest BCUT2D eigenvalue weighted by atomic mass is 35.5. The zero-order valence-electron chi connectivity index (χ0n) is 10.9. The lowest BCUT2D eigenvalue weighted by atomic mass is 9.87. The predicted octanol–water partition coefficient (Wildman–Crippen LogP) is 4.66. The Balaban J connectivity index is 2.26. The number of dihydropyridines is 1. The summed E-state index contributed by atoms with van der Waals surface area (Å²) in [6.45, 7) is 3.83. The standard InChI is InChI=1S/C14H14Cl2F3N/c1-7-4-11(15)8(2)3-10(7)13-12(16)5-9(6-20-13)14(17,18)19/h3-6,8,11,13,20H,1-2H3. The van der Waals surface area contributed by atoms with Crippen LogP contribution in [0.3, 0.4) is 0 Å². The minimum Gasteiger partial charge on any atom is -0.379 e. The first kappa shape index (κ1) is 15.5. The molecular formula is C14H14Cl2F3N. The number of halogens is 5. The molecule has 0 spiro atoms. The first-order valence-electron chi connectivity index (χ1n) is 6.15. The highest BCUT2D eigenvalue weighted by Crippen LogP contribution is 2.36. The lowest BCUT2D eigenvalue weighted by Gasteiger charge is -2.30. The van der Waals surface area contributed by atoms with Gasteiger partial charge in [-0.1, -0.05) is 30.7 Å². The normalized spacial score (nSPS) is 30.9. The molecule has 0 amide bonds. The van der Waals surface area contributed by atoms with Gasteiger partial charge in [0.25, 0.3) is 0 Å². The maximum absolute atomic E-state index is 12.6. The number of hydrogen-bond acceptors (Lipinski definition) is 1. The van der Waals surface area contributed by atoms with E-state index in [4.69, 9.17) is 23.2 Å². The molecule has 0 aromatic carbocycles. The average molecular weight is 324 g/mol. The van der Waals surface area contributed by atoms with Gasteiger partial charge in [-0.05, 0) is 30.1 Å². The Morgan fingerprint density at radius 3 is 2.45 bits per heavy atom. The van der Waals surface area contributed by atoms with E-state index in [1.165, 1.54) is 0 Å². The van der Waals surface area contributed by atoms with E-state index in [0.717, 1.165) is 23.4 Å². The van der Waals surface area contributed by atoms with Crippen molar-refractivity contribution in [3.63, 3.8) is 0 Å². The third-order valence-electron chi connectivity index (χ3n) is 3.42. The lowest BCUT2D eigenvalue weighted by Crippen LogP contribution is -2.34. The molecule has 0 fully saturated rings. The number of rotatable bonds is 1. The predicted molar refractivity (Wildman–Crippen MR) is 75.6 cm³/mol. The number of nitrogens with one attached hydrogen (secondary N) is 1. The van der Waals surface area contributed by atoms with E-state index in [9.17, 15) is 13.2 Å². The molecule has 0 aromatic rings. The van der Waals surface area contributed by atoms with Gasteiger partial charge in [0.15, 0.2) is 0 Å². The van der Waals surface area contributed by atoms with Crippen LogP contribution in [0.5, 0.6) is 0 Å². The fourth-order valence-electron chi connectivity index (χ4n) is 2.25. The molecular weight excluding hydrogens is 310 g/mol. The highest BCUT2D eigenvalue weighted by molar-refractivity contribution is 6.31. The van der Waals surface area contributed by atoms with Crippen molar-refractivity contribution in [3.05, 3.63) is 46.2 Å².